The Morgan fingerprint density at radius 2 is 1.94 bits per heavy atom. The molecule has 2 aromatic carbocycles. The number of pyridine rings is 1. The van der Waals surface area contributed by atoms with Crippen LogP contribution in [0, 0.1) is 0 Å². The highest BCUT2D eigenvalue weighted by molar-refractivity contribution is 6.37. The Morgan fingerprint density at radius 1 is 1.16 bits per heavy atom. The molecule has 10 heteroatoms. The van der Waals surface area contributed by atoms with Crippen molar-refractivity contribution in [3.63, 3.8) is 0 Å². The number of carbonyl (C=O) groups is 2. The minimum atomic E-state index is -0.651. The SMILES string of the molecule is COc1cc2ncc(Oc3ccc(NC(=O)NC4CC4)c(Cl)c3)c(Cl)c2cc1C(N)=O. The molecule has 1 saturated carbocycles. The van der Waals surface area contributed by atoms with E-state index in [4.69, 9.17) is 38.4 Å². The predicted octanol–water partition coefficient (Wildman–Crippen LogP) is 4.73. The van der Waals surface area contributed by atoms with Crippen molar-refractivity contribution in [3.8, 4) is 17.2 Å². The lowest BCUT2D eigenvalue weighted by Gasteiger charge is -2.13. The van der Waals surface area contributed by atoms with Crippen LogP contribution >= 0.6 is 23.2 Å². The summed E-state index contributed by atoms with van der Waals surface area (Å²) in [5.41, 5.74) is 6.57. The molecule has 0 spiro atoms. The second-order valence-electron chi connectivity index (χ2n) is 6.99. The number of anilines is 1. The number of carbonyl (C=O) groups excluding carboxylic acids is 2. The molecule has 3 aromatic rings. The molecule has 8 nitrogen and oxygen atoms in total. The molecule has 0 atom stereocenters. The van der Waals surface area contributed by atoms with Gasteiger partial charge in [0.1, 0.15) is 11.5 Å². The molecule has 1 aromatic heterocycles. The van der Waals surface area contributed by atoms with Gasteiger partial charge in [0.05, 0.1) is 40.1 Å². The average Bonchev–Trinajstić information content (AvgIpc) is 3.55. The van der Waals surface area contributed by atoms with Gasteiger partial charge in [-0.05, 0) is 31.0 Å². The lowest BCUT2D eigenvalue weighted by Crippen LogP contribution is -2.30. The maximum Gasteiger partial charge on any atom is 0.319 e. The molecular formula is C21H18Cl2N4O4. The van der Waals surface area contributed by atoms with Crippen molar-refractivity contribution in [2.75, 3.05) is 12.4 Å². The molecule has 0 saturated heterocycles. The van der Waals surface area contributed by atoms with Crippen LogP contribution in [0.1, 0.15) is 23.2 Å². The molecule has 4 N–H and O–H groups in total. The number of nitrogens with one attached hydrogen (secondary N) is 2. The summed E-state index contributed by atoms with van der Waals surface area (Å²) in [6.07, 6.45) is 3.43. The third-order valence-corrected chi connectivity index (χ3v) is 5.39. The third-order valence-electron chi connectivity index (χ3n) is 4.69. The van der Waals surface area contributed by atoms with Gasteiger partial charge in [0.15, 0.2) is 5.75 Å². The van der Waals surface area contributed by atoms with Crippen LogP contribution in [0.2, 0.25) is 10.0 Å². The molecule has 0 bridgehead atoms. The van der Waals surface area contributed by atoms with E-state index in [2.05, 4.69) is 15.6 Å². The minimum absolute atomic E-state index is 0.179. The number of fused-ring (bicyclic) bond motifs is 1. The normalized spacial score (nSPS) is 13.0. The zero-order valence-corrected chi connectivity index (χ0v) is 17.9. The van der Waals surface area contributed by atoms with Crippen LogP contribution in [0.5, 0.6) is 17.2 Å². The number of nitrogens with zero attached hydrogens (tertiary/aromatic N) is 1. The van der Waals surface area contributed by atoms with E-state index in [0.29, 0.717) is 33.1 Å². The van der Waals surface area contributed by atoms with Crippen LogP contribution in [0.3, 0.4) is 0 Å². The lowest BCUT2D eigenvalue weighted by atomic mass is 10.1. The Morgan fingerprint density at radius 3 is 2.58 bits per heavy atom. The van der Waals surface area contributed by atoms with Crippen molar-refractivity contribution >= 4 is 51.7 Å². The summed E-state index contributed by atoms with van der Waals surface area (Å²) < 4.78 is 11.0. The zero-order chi connectivity index (χ0) is 22.1. The van der Waals surface area contributed by atoms with E-state index < -0.39 is 5.91 Å². The second kappa shape index (κ2) is 8.49. The maximum absolute atomic E-state index is 11.9. The summed E-state index contributed by atoms with van der Waals surface area (Å²) in [6.45, 7) is 0. The maximum atomic E-state index is 11.9. The smallest absolute Gasteiger partial charge is 0.319 e. The van der Waals surface area contributed by atoms with Gasteiger partial charge in [0.2, 0.25) is 0 Å². The van der Waals surface area contributed by atoms with Crippen molar-refractivity contribution in [2.45, 2.75) is 18.9 Å². The van der Waals surface area contributed by atoms with Crippen molar-refractivity contribution < 1.29 is 19.1 Å². The number of methoxy groups -OCH3 is 1. The quantitative estimate of drug-likeness (QED) is 0.491. The number of ether oxygens (including phenoxy) is 2. The molecule has 1 aliphatic carbocycles. The van der Waals surface area contributed by atoms with Crippen molar-refractivity contribution in [1.82, 2.24) is 10.3 Å². The molecule has 4 rings (SSSR count). The number of primary amides is 1. The van der Waals surface area contributed by atoms with Gasteiger partial charge in [0.25, 0.3) is 5.91 Å². The van der Waals surface area contributed by atoms with Gasteiger partial charge >= 0.3 is 6.03 Å². The first-order valence-corrected chi connectivity index (χ1v) is 10.1. The van der Waals surface area contributed by atoms with Crippen molar-refractivity contribution in [3.05, 3.63) is 52.1 Å². The van der Waals surface area contributed by atoms with E-state index in [-0.39, 0.29) is 28.4 Å². The highest BCUT2D eigenvalue weighted by Gasteiger charge is 2.23. The summed E-state index contributed by atoms with van der Waals surface area (Å²) >= 11 is 12.8. The monoisotopic (exact) mass is 460 g/mol. The van der Waals surface area contributed by atoms with Crippen molar-refractivity contribution in [1.29, 1.82) is 0 Å². The topological polar surface area (TPSA) is 116 Å². The van der Waals surface area contributed by atoms with Gasteiger partial charge in [-0.2, -0.15) is 0 Å². The molecule has 0 unspecified atom stereocenters. The molecule has 1 aliphatic rings. The van der Waals surface area contributed by atoms with Gasteiger partial charge in [-0.1, -0.05) is 23.2 Å². The number of amides is 3. The number of hydrogen-bond acceptors (Lipinski definition) is 5. The van der Waals surface area contributed by atoms with Crippen molar-refractivity contribution in [2.24, 2.45) is 5.73 Å². The summed E-state index contributed by atoms with van der Waals surface area (Å²) in [4.78, 5) is 27.9. The van der Waals surface area contributed by atoms with Gasteiger partial charge < -0.3 is 25.8 Å². The number of nitrogens with two attached hydrogens (primary N) is 1. The molecular weight excluding hydrogens is 443 g/mol. The standard InChI is InChI=1S/C21H18Cl2N4O4/c1-30-17-8-16-12(7-13(17)20(24)28)19(23)18(9-25-16)31-11-4-5-15(14(22)6-11)27-21(29)26-10-2-3-10/h4-10H,2-3H2,1H3,(H2,24,28)(H2,26,27,29). The van der Waals surface area contributed by atoms with Gasteiger partial charge in [0, 0.05) is 23.6 Å². The fourth-order valence-electron chi connectivity index (χ4n) is 2.96. The molecule has 1 heterocycles. The van der Waals surface area contributed by atoms with Crippen LogP contribution in [0.4, 0.5) is 10.5 Å². The third kappa shape index (κ3) is 4.60. The summed E-state index contributed by atoms with van der Waals surface area (Å²) in [6, 6.07) is 7.84. The average molecular weight is 461 g/mol. The molecule has 160 valence electrons. The highest BCUT2D eigenvalue weighted by Crippen LogP contribution is 2.38. The Hall–Kier alpha value is -3.23. The van der Waals surface area contributed by atoms with Crippen LogP contribution in [0.25, 0.3) is 10.9 Å². The highest BCUT2D eigenvalue weighted by atomic mass is 35.5. The fraction of sp³-hybridized carbons (Fsp3) is 0.190. The number of hydrogen-bond donors (Lipinski definition) is 3. The first-order chi connectivity index (χ1) is 14.9. The van der Waals surface area contributed by atoms with Gasteiger partial charge in [-0.15, -0.1) is 0 Å². The summed E-state index contributed by atoms with van der Waals surface area (Å²) in [5, 5.41) is 6.55. The molecule has 0 aliphatic heterocycles. The molecule has 1 fully saturated rings. The van der Waals surface area contributed by atoms with Gasteiger partial charge in [-0.25, -0.2) is 4.79 Å². The van der Waals surface area contributed by atoms with Gasteiger partial charge in [-0.3, -0.25) is 9.78 Å². The van der Waals surface area contributed by atoms with E-state index in [0.717, 1.165) is 12.8 Å². The Kier molecular flexibility index (Phi) is 5.75. The molecule has 3 amide bonds. The Balaban J connectivity index is 1.59. The van der Waals surface area contributed by atoms with Crippen LogP contribution in [-0.2, 0) is 0 Å². The van der Waals surface area contributed by atoms with E-state index in [1.807, 2.05) is 0 Å². The Bertz CT molecular complexity index is 1200. The van der Waals surface area contributed by atoms with E-state index in [1.54, 1.807) is 24.3 Å². The van der Waals surface area contributed by atoms with E-state index >= 15 is 0 Å². The number of urea groups is 1. The minimum Gasteiger partial charge on any atom is -0.496 e. The first kappa shape index (κ1) is 21.0. The fourth-order valence-corrected chi connectivity index (χ4v) is 3.42. The summed E-state index contributed by atoms with van der Waals surface area (Å²) in [7, 11) is 1.44. The van der Waals surface area contributed by atoms with Crippen LogP contribution < -0.4 is 25.8 Å². The predicted molar refractivity (Wildman–Crippen MR) is 119 cm³/mol. The largest absolute Gasteiger partial charge is 0.496 e. The van der Waals surface area contributed by atoms with Crippen LogP contribution in [0.15, 0.2) is 36.5 Å². The lowest BCUT2D eigenvalue weighted by molar-refractivity contribution is 0.0997. The number of halogens is 2. The number of benzene rings is 2. The molecule has 31 heavy (non-hydrogen) atoms. The second-order valence-corrected chi connectivity index (χ2v) is 7.77. The number of rotatable bonds is 6. The summed E-state index contributed by atoms with van der Waals surface area (Å²) in [5.74, 6) is 0.308. The van der Waals surface area contributed by atoms with E-state index in [9.17, 15) is 9.59 Å². The van der Waals surface area contributed by atoms with E-state index in [1.165, 1.54) is 19.4 Å². The first-order valence-electron chi connectivity index (χ1n) is 9.36. The Labute approximate surface area is 187 Å². The number of aromatic nitrogens is 1. The zero-order valence-electron chi connectivity index (χ0n) is 16.4. The molecule has 0 radical (unpaired) electrons. The van der Waals surface area contributed by atoms with Crippen LogP contribution in [-0.4, -0.2) is 30.1 Å².